The number of carbonyl (C=O) groups excluding carboxylic acids is 2. The molecule has 5 nitrogen and oxygen atoms in total. The summed E-state index contributed by atoms with van der Waals surface area (Å²) in [7, 11) is 3.34. The molecule has 0 aromatic carbocycles. The molecule has 0 radical (unpaired) electrons. The molecular weight excluding hydrogens is 282 g/mol. The Morgan fingerprint density at radius 3 is 2.36 bits per heavy atom. The van der Waals surface area contributed by atoms with Gasteiger partial charge >= 0.3 is 0 Å². The summed E-state index contributed by atoms with van der Waals surface area (Å²) in [5, 5.41) is 0. The normalized spacial score (nSPS) is 24.3. The smallest absolute Gasteiger partial charge is 0.223 e. The molecular formula is C17H31NO4. The molecule has 0 aromatic rings. The monoisotopic (exact) mass is 313 g/mol. The van der Waals surface area contributed by atoms with Gasteiger partial charge in [-0.2, -0.15) is 0 Å². The quantitative estimate of drug-likeness (QED) is 0.655. The number of amides is 1. The van der Waals surface area contributed by atoms with Gasteiger partial charge in [0.25, 0.3) is 0 Å². The fraction of sp³-hybridized carbons (Fsp3) is 0.882. The van der Waals surface area contributed by atoms with Crippen LogP contribution in [0, 0.1) is 11.8 Å². The molecule has 2 unspecified atom stereocenters. The molecule has 1 aliphatic heterocycles. The molecule has 22 heavy (non-hydrogen) atoms. The first-order chi connectivity index (χ1) is 10.4. The summed E-state index contributed by atoms with van der Waals surface area (Å²) < 4.78 is 10.6. The van der Waals surface area contributed by atoms with Crippen molar-refractivity contribution < 1.29 is 19.1 Å². The van der Waals surface area contributed by atoms with E-state index in [4.69, 9.17) is 9.47 Å². The van der Waals surface area contributed by atoms with E-state index in [0.717, 1.165) is 6.42 Å². The first kappa shape index (κ1) is 19.1. The molecule has 0 N–H and O–H groups in total. The number of likely N-dealkylation sites (tertiary alicyclic amines) is 1. The van der Waals surface area contributed by atoms with Gasteiger partial charge in [0, 0.05) is 40.0 Å². The fourth-order valence-corrected chi connectivity index (χ4v) is 3.00. The van der Waals surface area contributed by atoms with Crippen molar-refractivity contribution in [3.63, 3.8) is 0 Å². The van der Waals surface area contributed by atoms with Gasteiger partial charge in [-0.3, -0.25) is 9.59 Å². The highest BCUT2D eigenvalue weighted by Gasteiger charge is 2.35. The minimum Gasteiger partial charge on any atom is -0.383 e. The largest absolute Gasteiger partial charge is 0.383 e. The lowest BCUT2D eigenvalue weighted by molar-refractivity contribution is -0.135. The maximum Gasteiger partial charge on any atom is 0.223 e. The lowest BCUT2D eigenvalue weighted by atomic mass is 9.88. The molecule has 0 spiro atoms. The highest BCUT2D eigenvalue weighted by atomic mass is 16.5. The number of Topliss-reactive ketones (excluding diaryl/α,β-unsaturated/α-hetero) is 1. The van der Waals surface area contributed by atoms with Gasteiger partial charge in [0.1, 0.15) is 5.78 Å². The number of ether oxygens (including phenoxy) is 2. The van der Waals surface area contributed by atoms with Crippen molar-refractivity contribution in [3.8, 4) is 0 Å². The summed E-state index contributed by atoms with van der Waals surface area (Å²) >= 11 is 0. The molecule has 0 bridgehead atoms. The van der Waals surface area contributed by atoms with Crippen LogP contribution in [0.3, 0.4) is 0 Å². The van der Waals surface area contributed by atoms with Gasteiger partial charge in [-0.15, -0.1) is 0 Å². The van der Waals surface area contributed by atoms with Crippen molar-refractivity contribution in [3.05, 3.63) is 0 Å². The van der Waals surface area contributed by atoms with Gasteiger partial charge < -0.3 is 14.4 Å². The first-order valence-corrected chi connectivity index (χ1v) is 8.25. The number of rotatable bonds is 9. The standard InChI is InChI=1S/C17H31NO4/c1-6-15(19)7-12(2)13(3)8-17(20)18-10-16(22-5)9-14(18)11-21-4/h12-14,16H,6-11H2,1-5H3/t12?,13?,14-,16+/m0/s1. The van der Waals surface area contributed by atoms with E-state index >= 15 is 0 Å². The second kappa shape index (κ2) is 9.26. The van der Waals surface area contributed by atoms with Crippen molar-refractivity contribution in [1.82, 2.24) is 4.90 Å². The van der Waals surface area contributed by atoms with Gasteiger partial charge in [-0.05, 0) is 18.3 Å². The van der Waals surface area contributed by atoms with Crippen molar-refractivity contribution in [1.29, 1.82) is 0 Å². The molecule has 1 aliphatic rings. The van der Waals surface area contributed by atoms with E-state index < -0.39 is 0 Å². The zero-order chi connectivity index (χ0) is 16.7. The average Bonchev–Trinajstić information content (AvgIpc) is 2.90. The van der Waals surface area contributed by atoms with Crippen LogP contribution in [0.1, 0.15) is 46.5 Å². The molecule has 5 heteroatoms. The Hall–Kier alpha value is -0.940. The average molecular weight is 313 g/mol. The third-order valence-electron chi connectivity index (χ3n) is 4.80. The van der Waals surface area contributed by atoms with Crippen LogP contribution >= 0.6 is 0 Å². The van der Waals surface area contributed by atoms with Crippen LogP contribution in [-0.2, 0) is 19.1 Å². The number of carbonyl (C=O) groups is 2. The summed E-state index contributed by atoms with van der Waals surface area (Å²) in [6.45, 7) is 7.18. The number of nitrogens with zero attached hydrogens (tertiary/aromatic N) is 1. The van der Waals surface area contributed by atoms with Crippen molar-refractivity contribution in [2.75, 3.05) is 27.4 Å². The highest BCUT2D eigenvalue weighted by molar-refractivity contribution is 5.79. The minimum atomic E-state index is 0.0958. The Labute approximate surface area is 134 Å². The highest BCUT2D eigenvalue weighted by Crippen LogP contribution is 2.25. The van der Waals surface area contributed by atoms with Crippen molar-refractivity contribution in [2.24, 2.45) is 11.8 Å². The summed E-state index contributed by atoms with van der Waals surface area (Å²) in [6, 6.07) is 0.0993. The van der Waals surface area contributed by atoms with E-state index in [1.165, 1.54) is 0 Å². The summed E-state index contributed by atoms with van der Waals surface area (Å²) in [5.41, 5.74) is 0. The Morgan fingerprint density at radius 1 is 1.18 bits per heavy atom. The van der Waals surface area contributed by atoms with Crippen LogP contribution in [0.2, 0.25) is 0 Å². The predicted octanol–water partition coefficient (Wildman–Crippen LogP) is 2.28. The molecule has 0 aromatic heterocycles. The molecule has 1 heterocycles. The Kier molecular flexibility index (Phi) is 8.04. The molecule has 4 atom stereocenters. The van der Waals surface area contributed by atoms with Gasteiger partial charge in [-0.25, -0.2) is 0 Å². The van der Waals surface area contributed by atoms with E-state index in [9.17, 15) is 9.59 Å². The van der Waals surface area contributed by atoms with Crippen molar-refractivity contribution in [2.45, 2.75) is 58.6 Å². The summed E-state index contributed by atoms with van der Waals surface area (Å²) in [5.74, 6) is 0.848. The molecule has 128 valence electrons. The van der Waals surface area contributed by atoms with E-state index in [1.54, 1.807) is 14.2 Å². The number of hydrogen-bond donors (Lipinski definition) is 0. The van der Waals surface area contributed by atoms with Crippen molar-refractivity contribution >= 4 is 11.7 Å². The van der Waals surface area contributed by atoms with E-state index in [0.29, 0.717) is 32.4 Å². The first-order valence-electron chi connectivity index (χ1n) is 8.25. The zero-order valence-corrected chi connectivity index (χ0v) is 14.6. The van der Waals surface area contributed by atoms with Crippen LogP contribution in [0.15, 0.2) is 0 Å². The Bertz CT molecular complexity index is 372. The molecule has 1 amide bonds. The van der Waals surface area contributed by atoms with Crippen LogP contribution in [0.25, 0.3) is 0 Å². The zero-order valence-electron chi connectivity index (χ0n) is 14.6. The van der Waals surface area contributed by atoms with E-state index in [-0.39, 0.29) is 35.7 Å². The fourth-order valence-electron chi connectivity index (χ4n) is 3.00. The number of ketones is 1. The minimum absolute atomic E-state index is 0.0958. The summed E-state index contributed by atoms with van der Waals surface area (Å²) in [6.07, 6.45) is 2.54. The van der Waals surface area contributed by atoms with Crippen LogP contribution in [0.4, 0.5) is 0 Å². The molecule has 0 aliphatic carbocycles. The van der Waals surface area contributed by atoms with Gasteiger partial charge in [0.05, 0.1) is 18.8 Å². The number of methoxy groups -OCH3 is 2. The lowest BCUT2D eigenvalue weighted by Crippen LogP contribution is -2.39. The van der Waals surface area contributed by atoms with E-state index in [1.807, 2.05) is 11.8 Å². The second-order valence-electron chi connectivity index (χ2n) is 6.50. The van der Waals surface area contributed by atoms with Gasteiger partial charge in [-0.1, -0.05) is 20.8 Å². The molecule has 0 saturated carbocycles. The van der Waals surface area contributed by atoms with Crippen LogP contribution in [-0.4, -0.2) is 56.1 Å². The molecule has 1 rings (SSSR count). The van der Waals surface area contributed by atoms with Crippen LogP contribution in [0.5, 0.6) is 0 Å². The Morgan fingerprint density at radius 2 is 1.82 bits per heavy atom. The number of hydrogen-bond acceptors (Lipinski definition) is 4. The van der Waals surface area contributed by atoms with Gasteiger partial charge in [0.15, 0.2) is 0 Å². The summed E-state index contributed by atoms with van der Waals surface area (Å²) in [4.78, 5) is 26.0. The second-order valence-corrected chi connectivity index (χ2v) is 6.50. The predicted molar refractivity (Wildman–Crippen MR) is 85.7 cm³/mol. The lowest BCUT2D eigenvalue weighted by Gasteiger charge is -2.27. The third-order valence-corrected chi connectivity index (χ3v) is 4.80. The van der Waals surface area contributed by atoms with Gasteiger partial charge in [0.2, 0.25) is 5.91 Å². The Balaban J connectivity index is 2.56. The topological polar surface area (TPSA) is 55.8 Å². The molecule has 1 saturated heterocycles. The maximum absolute atomic E-state index is 12.6. The third kappa shape index (κ3) is 5.36. The van der Waals surface area contributed by atoms with Crippen LogP contribution < -0.4 is 0 Å². The SMILES string of the molecule is CCC(=O)CC(C)C(C)CC(=O)N1C[C@H](OC)C[C@H]1COC. The van der Waals surface area contributed by atoms with E-state index in [2.05, 4.69) is 13.8 Å². The maximum atomic E-state index is 12.6. The molecule has 1 fully saturated rings.